The largest absolute Gasteiger partial charge is 0.471 e. The van der Waals surface area contributed by atoms with Gasteiger partial charge in [-0.1, -0.05) is 11.6 Å². The maximum absolute atomic E-state index is 12.0. The Kier molecular flexibility index (Phi) is 6.19. The van der Waals surface area contributed by atoms with Crippen LogP contribution in [0.5, 0.6) is 0 Å². The van der Waals surface area contributed by atoms with Crippen LogP contribution in [0.3, 0.4) is 0 Å². The van der Waals surface area contributed by atoms with Crippen molar-refractivity contribution in [2.45, 2.75) is 6.92 Å². The number of anilines is 2. The van der Waals surface area contributed by atoms with E-state index in [0.29, 0.717) is 22.4 Å². The number of hydrazine groups is 1. The molecule has 23 heavy (non-hydrogen) atoms. The molecule has 2 aromatic rings. The number of carbonyl (C=O) groups excluding carboxylic acids is 1. The van der Waals surface area contributed by atoms with Crippen molar-refractivity contribution in [2.24, 2.45) is 0 Å². The number of carbonyl (C=O) groups is 1. The third-order valence-corrected chi connectivity index (χ3v) is 3.31. The first-order valence-corrected chi connectivity index (χ1v) is 7.73. The molecule has 0 saturated heterocycles. The highest BCUT2D eigenvalue weighted by atomic mass is 35.5. The molecule has 120 valence electrons. The number of thiocarbonyl (C=S) groups is 1. The highest BCUT2D eigenvalue weighted by Crippen LogP contribution is 2.13. The molecule has 2 rings (SSSR count). The molecule has 5 nitrogen and oxygen atoms in total. The molecule has 3 N–H and O–H groups in total. The molecule has 0 saturated carbocycles. The number of ether oxygens (including phenoxy) is 1. The minimum absolute atomic E-state index is 0.249. The second-order valence-corrected chi connectivity index (χ2v) is 5.32. The van der Waals surface area contributed by atoms with Gasteiger partial charge in [-0.2, -0.15) is 0 Å². The monoisotopic (exact) mass is 349 g/mol. The molecular weight excluding hydrogens is 334 g/mol. The molecule has 0 bridgehead atoms. The van der Waals surface area contributed by atoms with Crippen LogP contribution in [-0.4, -0.2) is 17.7 Å². The highest BCUT2D eigenvalue weighted by molar-refractivity contribution is 7.80. The van der Waals surface area contributed by atoms with E-state index in [2.05, 4.69) is 16.2 Å². The molecule has 0 aliphatic heterocycles. The average Bonchev–Trinajstić information content (AvgIpc) is 2.55. The predicted octanol–water partition coefficient (Wildman–Crippen LogP) is 3.83. The van der Waals surface area contributed by atoms with E-state index >= 15 is 0 Å². The third kappa shape index (κ3) is 5.43. The van der Waals surface area contributed by atoms with Crippen LogP contribution >= 0.6 is 23.8 Å². The van der Waals surface area contributed by atoms with Gasteiger partial charge < -0.3 is 10.1 Å². The van der Waals surface area contributed by atoms with E-state index in [-0.39, 0.29) is 5.91 Å². The Hall–Kier alpha value is -2.31. The number of hydrogen-bond donors (Lipinski definition) is 3. The zero-order valence-electron chi connectivity index (χ0n) is 12.4. The number of halogens is 1. The van der Waals surface area contributed by atoms with Crippen molar-refractivity contribution in [3.63, 3.8) is 0 Å². The fourth-order valence-electron chi connectivity index (χ4n) is 1.72. The summed E-state index contributed by atoms with van der Waals surface area (Å²) in [6.07, 6.45) is 0. The molecule has 0 fully saturated rings. The van der Waals surface area contributed by atoms with Gasteiger partial charge >= 0.3 is 0 Å². The van der Waals surface area contributed by atoms with Crippen LogP contribution in [0.4, 0.5) is 11.4 Å². The fourth-order valence-corrected chi connectivity index (χ4v) is 2.09. The molecule has 2 aromatic carbocycles. The lowest BCUT2D eigenvalue weighted by Gasteiger charge is -2.11. The summed E-state index contributed by atoms with van der Waals surface area (Å²) in [5.41, 5.74) is 7.51. The molecule has 7 heteroatoms. The Morgan fingerprint density at radius 2 is 1.70 bits per heavy atom. The lowest BCUT2D eigenvalue weighted by Crippen LogP contribution is -2.29. The van der Waals surface area contributed by atoms with Gasteiger partial charge in [0.15, 0.2) is 0 Å². The summed E-state index contributed by atoms with van der Waals surface area (Å²) in [5, 5.41) is 3.86. The minimum atomic E-state index is -0.249. The Morgan fingerprint density at radius 1 is 1.09 bits per heavy atom. The predicted molar refractivity (Wildman–Crippen MR) is 96.8 cm³/mol. The quantitative estimate of drug-likeness (QED) is 0.565. The van der Waals surface area contributed by atoms with Crippen LogP contribution < -0.4 is 16.2 Å². The van der Waals surface area contributed by atoms with Gasteiger partial charge in [0.1, 0.15) is 0 Å². The summed E-state index contributed by atoms with van der Waals surface area (Å²) in [6, 6.07) is 13.9. The van der Waals surface area contributed by atoms with E-state index in [0.717, 1.165) is 11.4 Å². The molecule has 0 heterocycles. The fraction of sp³-hybridized carbons (Fsp3) is 0.125. The van der Waals surface area contributed by atoms with Crippen LogP contribution in [0, 0.1) is 0 Å². The number of hydrogen-bond acceptors (Lipinski definition) is 4. The lowest BCUT2D eigenvalue weighted by atomic mass is 10.2. The van der Waals surface area contributed by atoms with E-state index < -0.39 is 0 Å². The van der Waals surface area contributed by atoms with Crippen molar-refractivity contribution in [2.75, 3.05) is 17.3 Å². The van der Waals surface area contributed by atoms with E-state index in [1.165, 1.54) is 0 Å². The number of nitrogens with one attached hydrogen (secondary N) is 3. The van der Waals surface area contributed by atoms with E-state index in [4.69, 9.17) is 28.6 Å². The van der Waals surface area contributed by atoms with E-state index in [1.54, 1.807) is 36.4 Å². The van der Waals surface area contributed by atoms with Gasteiger partial charge in [0.05, 0.1) is 12.3 Å². The second-order valence-electron chi connectivity index (χ2n) is 4.51. The first kappa shape index (κ1) is 17.1. The van der Waals surface area contributed by atoms with Crippen molar-refractivity contribution in [3.8, 4) is 0 Å². The number of amides is 1. The Morgan fingerprint density at radius 3 is 2.30 bits per heavy atom. The van der Waals surface area contributed by atoms with Gasteiger partial charge in [0.25, 0.3) is 11.1 Å². The van der Waals surface area contributed by atoms with Gasteiger partial charge in [-0.15, -0.1) is 0 Å². The molecule has 0 aliphatic carbocycles. The number of benzene rings is 2. The van der Waals surface area contributed by atoms with Gasteiger partial charge in [-0.05, 0) is 67.7 Å². The zero-order valence-corrected chi connectivity index (χ0v) is 14.0. The Balaban J connectivity index is 1.87. The molecular formula is C16H16ClN3O2S. The topological polar surface area (TPSA) is 62.4 Å². The standard InChI is InChI=1S/C16H16ClN3O2S/c1-2-22-16(23)18-13-7-9-14(10-8-13)19-20-15(21)11-3-5-12(17)6-4-11/h3-10,19H,2H2,1H3,(H,18,23)(H,20,21). The van der Waals surface area contributed by atoms with Gasteiger partial charge in [-0.3, -0.25) is 15.6 Å². The van der Waals surface area contributed by atoms with Crippen LogP contribution in [0.25, 0.3) is 0 Å². The second kappa shape index (κ2) is 8.36. The SMILES string of the molecule is CCOC(=S)Nc1ccc(NNC(=O)c2ccc(Cl)cc2)cc1. The average molecular weight is 350 g/mol. The highest BCUT2D eigenvalue weighted by Gasteiger charge is 2.04. The first-order chi connectivity index (χ1) is 11.1. The van der Waals surface area contributed by atoms with Gasteiger partial charge in [0, 0.05) is 16.3 Å². The first-order valence-electron chi connectivity index (χ1n) is 6.94. The molecule has 0 atom stereocenters. The summed E-state index contributed by atoms with van der Waals surface area (Å²) >= 11 is 10.8. The molecule has 0 aromatic heterocycles. The molecule has 0 unspecified atom stereocenters. The van der Waals surface area contributed by atoms with Gasteiger partial charge in [0.2, 0.25) is 0 Å². The van der Waals surface area contributed by atoms with Crippen molar-refractivity contribution < 1.29 is 9.53 Å². The van der Waals surface area contributed by atoms with Crippen LogP contribution in [0.2, 0.25) is 5.02 Å². The zero-order chi connectivity index (χ0) is 16.7. The summed E-state index contributed by atoms with van der Waals surface area (Å²) in [4.78, 5) is 12.0. The van der Waals surface area contributed by atoms with E-state index in [9.17, 15) is 4.79 Å². The van der Waals surface area contributed by atoms with Gasteiger partial charge in [-0.25, -0.2) is 0 Å². The summed E-state index contributed by atoms with van der Waals surface area (Å²) in [5.74, 6) is -0.249. The molecule has 0 radical (unpaired) electrons. The van der Waals surface area contributed by atoms with Crippen LogP contribution in [-0.2, 0) is 4.74 Å². The van der Waals surface area contributed by atoms with Crippen molar-refractivity contribution >= 4 is 46.3 Å². The normalized spacial score (nSPS) is 9.83. The smallest absolute Gasteiger partial charge is 0.269 e. The Labute approximate surface area is 145 Å². The summed E-state index contributed by atoms with van der Waals surface area (Å²) in [6.45, 7) is 2.38. The Bertz CT molecular complexity index is 675. The molecule has 0 spiro atoms. The van der Waals surface area contributed by atoms with E-state index in [1.807, 2.05) is 19.1 Å². The lowest BCUT2D eigenvalue weighted by molar-refractivity contribution is 0.0962. The third-order valence-electron chi connectivity index (χ3n) is 2.83. The van der Waals surface area contributed by atoms with Crippen LogP contribution in [0.1, 0.15) is 17.3 Å². The van der Waals surface area contributed by atoms with Crippen molar-refractivity contribution in [1.29, 1.82) is 0 Å². The van der Waals surface area contributed by atoms with Crippen LogP contribution in [0.15, 0.2) is 48.5 Å². The minimum Gasteiger partial charge on any atom is -0.471 e. The maximum Gasteiger partial charge on any atom is 0.269 e. The summed E-state index contributed by atoms with van der Waals surface area (Å²) < 4.78 is 5.15. The summed E-state index contributed by atoms with van der Waals surface area (Å²) in [7, 11) is 0. The van der Waals surface area contributed by atoms with Crippen molar-refractivity contribution in [3.05, 3.63) is 59.1 Å². The van der Waals surface area contributed by atoms with Crippen molar-refractivity contribution in [1.82, 2.24) is 5.43 Å². The maximum atomic E-state index is 12.0. The number of rotatable bonds is 5. The molecule has 1 amide bonds. The molecule has 0 aliphatic rings.